The number of para-hydroxylation sites is 1. The van der Waals surface area contributed by atoms with Crippen LogP contribution in [0.4, 0.5) is 4.79 Å². The Balaban J connectivity index is 1.56. The molecule has 5 nitrogen and oxygen atoms in total. The highest BCUT2D eigenvalue weighted by Crippen LogP contribution is 2.35. The van der Waals surface area contributed by atoms with E-state index in [9.17, 15) is 14.4 Å². The van der Waals surface area contributed by atoms with Crippen LogP contribution >= 0.6 is 23.4 Å². The predicted octanol–water partition coefficient (Wildman–Crippen LogP) is 6.10. The largest absolute Gasteiger partial charge is 0.422 e. The fraction of sp³-hybridized carbons (Fsp3) is 0.0800. The Morgan fingerprint density at radius 2 is 1.69 bits per heavy atom. The quantitative estimate of drug-likeness (QED) is 0.260. The minimum atomic E-state index is -0.502. The summed E-state index contributed by atoms with van der Waals surface area (Å²) in [6.45, 7) is 2.02. The van der Waals surface area contributed by atoms with Gasteiger partial charge >= 0.3 is 5.97 Å². The number of halogens is 1. The first-order valence-electron chi connectivity index (χ1n) is 9.79. The molecule has 7 heteroatoms. The lowest BCUT2D eigenvalue weighted by Crippen LogP contribution is -2.27. The second-order valence-corrected chi connectivity index (χ2v) is 8.55. The first-order valence-corrected chi connectivity index (χ1v) is 11.0. The van der Waals surface area contributed by atoms with E-state index in [1.807, 2.05) is 19.1 Å². The summed E-state index contributed by atoms with van der Waals surface area (Å²) in [6.07, 6.45) is 1.56. The number of nitrogens with zero attached hydrogens (tertiary/aromatic N) is 1. The Kier molecular flexibility index (Phi) is 6.44. The van der Waals surface area contributed by atoms with Gasteiger partial charge in [0.15, 0.2) is 0 Å². The molecule has 0 atom stereocenters. The normalized spacial score (nSPS) is 14.8. The van der Waals surface area contributed by atoms with E-state index in [-0.39, 0.29) is 16.7 Å². The van der Waals surface area contributed by atoms with Gasteiger partial charge in [0.25, 0.3) is 11.1 Å². The fourth-order valence-corrected chi connectivity index (χ4v) is 4.14. The van der Waals surface area contributed by atoms with Gasteiger partial charge in [-0.1, -0.05) is 65.7 Å². The fourth-order valence-electron chi connectivity index (χ4n) is 3.12. The summed E-state index contributed by atoms with van der Waals surface area (Å²) in [5.74, 6) is -0.617. The van der Waals surface area contributed by atoms with Crippen molar-refractivity contribution in [3.63, 3.8) is 0 Å². The molecule has 2 amide bonds. The SMILES string of the molecule is Cc1ccc(C(=O)Oc2ccccc2/C=C2\SC(=O)N(Cc3ccccc3Cl)C2=O)cc1. The number of thioether (sulfide) groups is 1. The van der Waals surface area contributed by atoms with Crippen molar-refractivity contribution in [2.24, 2.45) is 0 Å². The van der Waals surface area contributed by atoms with Gasteiger partial charge in [0, 0.05) is 10.6 Å². The number of esters is 1. The van der Waals surface area contributed by atoms with Crippen LogP contribution in [0.1, 0.15) is 27.0 Å². The minimum Gasteiger partial charge on any atom is -0.422 e. The molecule has 160 valence electrons. The number of ether oxygens (including phenoxy) is 1. The summed E-state index contributed by atoms with van der Waals surface area (Å²) in [6, 6.07) is 21.0. The number of hydrogen-bond donors (Lipinski definition) is 0. The van der Waals surface area contributed by atoms with Crippen LogP contribution in [0.3, 0.4) is 0 Å². The Hall–Kier alpha value is -3.35. The molecule has 0 bridgehead atoms. The molecule has 1 fully saturated rings. The third kappa shape index (κ3) is 4.77. The number of rotatable bonds is 5. The van der Waals surface area contributed by atoms with Gasteiger partial charge in [-0.05, 0) is 54.6 Å². The molecule has 3 aromatic carbocycles. The number of carbonyl (C=O) groups excluding carboxylic acids is 3. The number of aryl methyl sites for hydroxylation is 1. The number of hydrogen-bond acceptors (Lipinski definition) is 5. The summed E-state index contributed by atoms with van der Waals surface area (Å²) >= 11 is 7.02. The standard InChI is InChI=1S/C25H18ClNO4S/c1-16-10-12-17(13-11-16)24(29)31-21-9-5-3-6-18(21)14-22-23(28)27(25(30)32-22)15-19-7-2-4-8-20(19)26/h2-14H,15H2,1H3/b22-14-. The van der Waals surface area contributed by atoms with Gasteiger partial charge < -0.3 is 4.74 Å². The first kappa shape index (κ1) is 21.9. The van der Waals surface area contributed by atoms with Crippen LogP contribution in [-0.4, -0.2) is 22.0 Å². The van der Waals surface area contributed by atoms with Gasteiger partial charge in [0.05, 0.1) is 17.0 Å². The van der Waals surface area contributed by atoms with Crippen LogP contribution < -0.4 is 4.74 Å². The van der Waals surface area contributed by atoms with E-state index in [1.54, 1.807) is 66.7 Å². The lowest BCUT2D eigenvalue weighted by atomic mass is 10.1. The summed E-state index contributed by atoms with van der Waals surface area (Å²) in [5.41, 5.74) is 2.67. The van der Waals surface area contributed by atoms with E-state index < -0.39 is 11.9 Å². The number of carbonyl (C=O) groups is 3. The van der Waals surface area contributed by atoms with E-state index in [1.165, 1.54) is 0 Å². The summed E-state index contributed by atoms with van der Waals surface area (Å²) < 4.78 is 5.56. The lowest BCUT2D eigenvalue weighted by molar-refractivity contribution is -0.123. The van der Waals surface area contributed by atoms with Gasteiger partial charge in [-0.2, -0.15) is 0 Å². The van der Waals surface area contributed by atoms with Gasteiger partial charge in [0.2, 0.25) is 0 Å². The molecule has 4 rings (SSSR count). The predicted molar refractivity (Wildman–Crippen MR) is 126 cm³/mol. The highest BCUT2D eigenvalue weighted by Gasteiger charge is 2.35. The zero-order valence-corrected chi connectivity index (χ0v) is 18.7. The van der Waals surface area contributed by atoms with E-state index in [0.717, 1.165) is 22.2 Å². The van der Waals surface area contributed by atoms with Crippen molar-refractivity contribution in [2.45, 2.75) is 13.5 Å². The Morgan fingerprint density at radius 1 is 1.00 bits per heavy atom. The number of benzene rings is 3. The topological polar surface area (TPSA) is 63.7 Å². The first-order chi connectivity index (χ1) is 15.4. The van der Waals surface area contributed by atoms with Crippen LogP contribution in [0.5, 0.6) is 5.75 Å². The Morgan fingerprint density at radius 3 is 2.44 bits per heavy atom. The van der Waals surface area contributed by atoms with Crippen LogP contribution in [0.15, 0.2) is 77.7 Å². The van der Waals surface area contributed by atoms with Gasteiger partial charge in [-0.25, -0.2) is 4.79 Å². The Bertz CT molecular complexity index is 1240. The van der Waals surface area contributed by atoms with Crippen LogP contribution in [0, 0.1) is 6.92 Å². The molecule has 0 saturated carbocycles. The summed E-state index contributed by atoms with van der Waals surface area (Å²) in [7, 11) is 0. The maximum absolute atomic E-state index is 12.9. The van der Waals surface area contributed by atoms with E-state index in [0.29, 0.717) is 27.5 Å². The smallest absolute Gasteiger partial charge is 0.343 e. The van der Waals surface area contributed by atoms with Crippen LogP contribution in [0.2, 0.25) is 5.02 Å². The second kappa shape index (κ2) is 9.42. The van der Waals surface area contributed by atoms with Crippen molar-refractivity contribution in [3.8, 4) is 5.75 Å². The molecule has 32 heavy (non-hydrogen) atoms. The molecule has 3 aromatic rings. The van der Waals surface area contributed by atoms with Gasteiger partial charge in [-0.3, -0.25) is 14.5 Å². The molecule has 0 radical (unpaired) electrons. The molecule has 0 N–H and O–H groups in total. The molecule has 0 aliphatic carbocycles. The average Bonchev–Trinajstić information content (AvgIpc) is 3.04. The zero-order valence-electron chi connectivity index (χ0n) is 17.1. The minimum absolute atomic E-state index is 0.0890. The molecular formula is C25H18ClNO4S. The highest BCUT2D eigenvalue weighted by atomic mass is 35.5. The van der Waals surface area contributed by atoms with Crippen LogP contribution in [0.25, 0.3) is 6.08 Å². The molecular weight excluding hydrogens is 446 g/mol. The summed E-state index contributed by atoms with van der Waals surface area (Å²) in [4.78, 5) is 39.3. The third-order valence-corrected chi connectivity index (χ3v) is 6.13. The molecule has 0 aromatic heterocycles. The molecule has 1 aliphatic rings. The molecule has 1 saturated heterocycles. The highest BCUT2D eigenvalue weighted by molar-refractivity contribution is 8.18. The van der Waals surface area contributed by atoms with E-state index >= 15 is 0 Å². The molecule has 1 aliphatic heterocycles. The maximum atomic E-state index is 12.9. The average molecular weight is 464 g/mol. The molecule has 0 spiro atoms. The van der Waals surface area contributed by atoms with Crippen molar-refractivity contribution in [1.29, 1.82) is 0 Å². The maximum Gasteiger partial charge on any atom is 0.343 e. The number of amides is 2. The van der Waals surface area contributed by atoms with Crippen molar-refractivity contribution in [1.82, 2.24) is 4.90 Å². The lowest BCUT2D eigenvalue weighted by Gasteiger charge is -2.13. The van der Waals surface area contributed by atoms with Crippen molar-refractivity contribution < 1.29 is 19.1 Å². The van der Waals surface area contributed by atoms with Gasteiger partial charge in [0.1, 0.15) is 5.75 Å². The third-order valence-electron chi connectivity index (χ3n) is 4.86. The van der Waals surface area contributed by atoms with Crippen LogP contribution in [-0.2, 0) is 11.3 Å². The van der Waals surface area contributed by atoms with Gasteiger partial charge in [-0.15, -0.1) is 0 Å². The van der Waals surface area contributed by atoms with Crippen molar-refractivity contribution in [3.05, 3.63) is 105 Å². The van der Waals surface area contributed by atoms with Crippen molar-refractivity contribution in [2.75, 3.05) is 0 Å². The number of imide groups is 1. The Labute approximate surface area is 194 Å². The molecule has 1 heterocycles. The summed E-state index contributed by atoms with van der Waals surface area (Å²) in [5, 5.41) is 0.110. The van der Waals surface area contributed by atoms with E-state index in [4.69, 9.17) is 16.3 Å². The zero-order chi connectivity index (χ0) is 22.7. The monoisotopic (exact) mass is 463 g/mol. The molecule has 0 unspecified atom stereocenters. The van der Waals surface area contributed by atoms with Crippen molar-refractivity contribution >= 4 is 46.6 Å². The van der Waals surface area contributed by atoms with E-state index in [2.05, 4.69) is 0 Å². The second-order valence-electron chi connectivity index (χ2n) is 7.15.